The Bertz CT molecular complexity index is 272. The lowest BCUT2D eigenvalue weighted by Crippen LogP contribution is -2.17. The fourth-order valence-electron chi connectivity index (χ4n) is 1.39. The summed E-state index contributed by atoms with van der Waals surface area (Å²) >= 11 is 1.51. The molecule has 2 atom stereocenters. The molecule has 0 aliphatic rings. The molecule has 0 fully saturated rings. The second-order valence-electron chi connectivity index (χ2n) is 3.86. The van der Waals surface area contributed by atoms with Crippen LogP contribution in [0.4, 0.5) is 10.1 Å². The van der Waals surface area contributed by atoms with E-state index in [-0.39, 0.29) is 0 Å². The molecule has 0 saturated carbocycles. The van der Waals surface area contributed by atoms with Gasteiger partial charge in [0.15, 0.2) is 5.13 Å². The molecule has 1 aromatic heterocycles. The highest BCUT2D eigenvalue weighted by atomic mass is 32.1. The van der Waals surface area contributed by atoms with Crippen molar-refractivity contribution in [3.8, 4) is 0 Å². The minimum atomic E-state index is 0.468. The molecule has 14 heavy (non-hydrogen) atoms. The predicted octanol–water partition coefficient (Wildman–Crippen LogP) is 2.96. The molecule has 0 bridgehead atoms. The largest absolute Gasteiger partial charge is 0.389 e. The number of hydrogen-bond acceptors (Lipinski definition) is 4. The van der Waals surface area contributed by atoms with Crippen molar-refractivity contribution in [3.05, 3.63) is 6.20 Å². The fraction of sp³-hybridized carbons (Fsp3) is 0.700. The van der Waals surface area contributed by atoms with Gasteiger partial charge in [0.2, 0.25) is 0 Å². The number of nitrogens with two attached hydrogens (primary N) is 1. The molecule has 0 spiro atoms. The summed E-state index contributed by atoms with van der Waals surface area (Å²) in [6.45, 7) is 6.68. The number of thiazole rings is 1. The van der Waals surface area contributed by atoms with E-state index in [0.29, 0.717) is 6.04 Å². The molecule has 4 heteroatoms. The van der Waals surface area contributed by atoms with Crippen LogP contribution in [0.5, 0.6) is 0 Å². The van der Waals surface area contributed by atoms with Gasteiger partial charge in [-0.3, -0.25) is 0 Å². The van der Waals surface area contributed by atoms with Crippen molar-refractivity contribution >= 4 is 21.5 Å². The molecular formula is C10H19N3S. The monoisotopic (exact) mass is 213 g/mol. The van der Waals surface area contributed by atoms with E-state index in [9.17, 15) is 0 Å². The van der Waals surface area contributed by atoms with Crippen LogP contribution in [0.15, 0.2) is 6.20 Å². The number of aromatic nitrogens is 1. The molecule has 3 N–H and O–H groups in total. The van der Waals surface area contributed by atoms with E-state index in [4.69, 9.17) is 5.73 Å². The lowest BCUT2D eigenvalue weighted by atomic mass is 10.0. The van der Waals surface area contributed by atoms with Gasteiger partial charge in [-0.1, -0.05) is 31.6 Å². The van der Waals surface area contributed by atoms with Crippen LogP contribution in [0, 0.1) is 5.92 Å². The molecule has 0 amide bonds. The maximum Gasteiger partial charge on any atom is 0.184 e. The summed E-state index contributed by atoms with van der Waals surface area (Å²) in [6.07, 6.45) is 4.10. The van der Waals surface area contributed by atoms with Crippen molar-refractivity contribution in [1.29, 1.82) is 0 Å². The molecular weight excluding hydrogens is 194 g/mol. The Labute approximate surface area is 89.7 Å². The maximum absolute atomic E-state index is 5.60. The van der Waals surface area contributed by atoms with Gasteiger partial charge < -0.3 is 11.1 Å². The molecule has 1 rings (SSSR count). The zero-order chi connectivity index (χ0) is 10.6. The van der Waals surface area contributed by atoms with E-state index in [2.05, 4.69) is 31.1 Å². The van der Waals surface area contributed by atoms with E-state index in [1.54, 1.807) is 6.20 Å². The number of nitrogens with zero attached hydrogens (tertiary/aromatic N) is 1. The van der Waals surface area contributed by atoms with Crippen LogP contribution in [0.1, 0.15) is 33.6 Å². The van der Waals surface area contributed by atoms with E-state index in [1.165, 1.54) is 24.2 Å². The number of nitrogen functional groups attached to an aromatic ring is 1. The molecule has 80 valence electrons. The zero-order valence-corrected chi connectivity index (χ0v) is 9.90. The lowest BCUT2D eigenvalue weighted by Gasteiger charge is -2.16. The van der Waals surface area contributed by atoms with Crippen LogP contribution in [0.3, 0.4) is 0 Å². The Kier molecular flexibility index (Phi) is 4.20. The quantitative estimate of drug-likeness (QED) is 0.790. The normalized spacial score (nSPS) is 15.1. The third-order valence-electron chi connectivity index (χ3n) is 2.35. The number of anilines is 2. The first kappa shape index (κ1) is 11.3. The first-order valence-electron chi connectivity index (χ1n) is 5.09. The van der Waals surface area contributed by atoms with Crippen molar-refractivity contribution in [2.45, 2.75) is 39.7 Å². The predicted molar refractivity (Wildman–Crippen MR) is 63.7 cm³/mol. The molecule has 0 aliphatic heterocycles. The Hall–Kier alpha value is -0.770. The van der Waals surface area contributed by atoms with Gasteiger partial charge in [0, 0.05) is 6.04 Å². The minimum Gasteiger partial charge on any atom is -0.389 e. The van der Waals surface area contributed by atoms with Crippen molar-refractivity contribution in [1.82, 2.24) is 4.98 Å². The Balaban J connectivity index is 2.37. The summed E-state index contributed by atoms with van der Waals surface area (Å²) in [4.78, 5) is 4.17. The van der Waals surface area contributed by atoms with Gasteiger partial charge in [-0.15, -0.1) is 0 Å². The van der Waals surface area contributed by atoms with Gasteiger partial charge in [0.25, 0.3) is 0 Å². The average Bonchev–Trinajstić information content (AvgIpc) is 2.50. The third-order valence-corrected chi connectivity index (χ3v) is 3.10. The molecule has 0 aliphatic carbocycles. The lowest BCUT2D eigenvalue weighted by molar-refractivity contribution is 0.483. The van der Waals surface area contributed by atoms with Gasteiger partial charge in [-0.2, -0.15) is 0 Å². The SMILES string of the molecule is CCC(C)CC(C)Nc1ncc(N)s1. The highest BCUT2D eigenvalue weighted by Gasteiger charge is 2.08. The second kappa shape index (κ2) is 5.20. The fourth-order valence-corrected chi connectivity index (χ4v) is 2.09. The number of hydrogen-bond donors (Lipinski definition) is 2. The van der Waals surface area contributed by atoms with Gasteiger partial charge >= 0.3 is 0 Å². The van der Waals surface area contributed by atoms with Crippen LogP contribution in [-0.2, 0) is 0 Å². The van der Waals surface area contributed by atoms with Crippen LogP contribution in [0.25, 0.3) is 0 Å². The van der Waals surface area contributed by atoms with E-state index >= 15 is 0 Å². The average molecular weight is 213 g/mol. The smallest absolute Gasteiger partial charge is 0.184 e. The summed E-state index contributed by atoms with van der Waals surface area (Å²) < 4.78 is 0. The van der Waals surface area contributed by atoms with Crippen LogP contribution >= 0.6 is 11.3 Å². The topological polar surface area (TPSA) is 50.9 Å². The summed E-state index contributed by atoms with van der Waals surface area (Å²) in [5.74, 6) is 0.759. The summed E-state index contributed by atoms with van der Waals surface area (Å²) in [7, 11) is 0. The molecule has 0 saturated heterocycles. The molecule has 3 nitrogen and oxygen atoms in total. The highest BCUT2D eigenvalue weighted by Crippen LogP contribution is 2.21. The molecule has 0 radical (unpaired) electrons. The van der Waals surface area contributed by atoms with E-state index in [1.807, 2.05) is 0 Å². The zero-order valence-electron chi connectivity index (χ0n) is 9.08. The highest BCUT2D eigenvalue weighted by molar-refractivity contribution is 7.19. The van der Waals surface area contributed by atoms with E-state index < -0.39 is 0 Å². The molecule has 2 unspecified atom stereocenters. The van der Waals surface area contributed by atoms with Crippen LogP contribution in [0.2, 0.25) is 0 Å². The van der Waals surface area contributed by atoms with E-state index in [0.717, 1.165) is 16.1 Å². The summed E-state index contributed by atoms with van der Waals surface area (Å²) in [6, 6.07) is 0.468. The maximum atomic E-state index is 5.60. The minimum absolute atomic E-state index is 0.468. The third kappa shape index (κ3) is 3.54. The first-order chi connectivity index (χ1) is 6.61. The molecule has 1 aromatic rings. The van der Waals surface area contributed by atoms with Crippen LogP contribution < -0.4 is 11.1 Å². The number of rotatable bonds is 5. The number of nitrogens with one attached hydrogen (secondary N) is 1. The van der Waals surface area contributed by atoms with Crippen molar-refractivity contribution < 1.29 is 0 Å². The first-order valence-corrected chi connectivity index (χ1v) is 5.91. The standard InChI is InChI=1S/C10H19N3S/c1-4-7(2)5-8(3)13-10-12-6-9(11)14-10/h6-8H,4-5,11H2,1-3H3,(H,12,13). The van der Waals surface area contributed by atoms with Crippen molar-refractivity contribution in [2.75, 3.05) is 11.1 Å². The van der Waals surface area contributed by atoms with Gasteiger partial charge in [-0.05, 0) is 19.3 Å². The van der Waals surface area contributed by atoms with Gasteiger partial charge in [-0.25, -0.2) is 4.98 Å². The van der Waals surface area contributed by atoms with Gasteiger partial charge in [0.05, 0.1) is 6.20 Å². The van der Waals surface area contributed by atoms with Crippen molar-refractivity contribution in [2.24, 2.45) is 5.92 Å². The summed E-state index contributed by atoms with van der Waals surface area (Å²) in [5.41, 5.74) is 5.60. The van der Waals surface area contributed by atoms with Crippen LogP contribution in [-0.4, -0.2) is 11.0 Å². The summed E-state index contributed by atoms with van der Waals surface area (Å²) in [5, 5.41) is 5.05. The Morgan fingerprint density at radius 1 is 1.57 bits per heavy atom. The second-order valence-corrected chi connectivity index (χ2v) is 4.92. The Morgan fingerprint density at radius 2 is 2.29 bits per heavy atom. The molecule has 0 aromatic carbocycles. The van der Waals surface area contributed by atoms with Gasteiger partial charge in [0.1, 0.15) is 5.00 Å². The van der Waals surface area contributed by atoms with Crippen molar-refractivity contribution in [3.63, 3.8) is 0 Å². The Morgan fingerprint density at radius 3 is 2.79 bits per heavy atom. The molecule has 1 heterocycles.